The van der Waals surface area contributed by atoms with E-state index in [9.17, 15) is 0 Å². The molecule has 0 aromatic rings. The van der Waals surface area contributed by atoms with E-state index < -0.39 is 0 Å². The van der Waals surface area contributed by atoms with E-state index in [1.165, 1.54) is 12.8 Å². The van der Waals surface area contributed by atoms with E-state index in [2.05, 4.69) is 24.5 Å². The SMILES string of the molecule is CCC1(CC)CNCCN1. The van der Waals surface area contributed by atoms with Crippen LogP contribution in [0.25, 0.3) is 0 Å². The number of rotatable bonds is 2. The lowest BCUT2D eigenvalue weighted by molar-refractivity contribution is 0.254. The Labute approximate surface area is 63.4 Å². The Morgan fingerprint density at radius 2 is 1.90 bits per heavy atom. The standard InChI is InChI=1S/C8H18N2/c1-3-8(4-2)7-9-5-6-10-8/h9-10H,3-7H2,1-2H3. The molecular weight excluding hydrogens is 124 g/mol. The van der Waals surface area contributed by atoms with Crippen molar-refractivity contribution in [2.24, 2.45) is 0 Å². The van der Waals surface area contributed by atoms with Gasteiger partial charge in [0, 0.05) is 25.2 Å². The average Bonchev–Trinajstić information content (AvgIpc) is 2.06. The molecule has 10 heavy (non-hydrogen) atoms. The molecule has 0 aliphatic carbocycles. The van der Waals surface area contributed by atoms with E-state index >= 15 is 0 Å². The smallest absolute Gasteiger partial charge is 0.0301 e. The van der Waals surface area contributed by atoms with Gasteiger partial charge in [-0.05, 0) is 12.8 Å². The van der Waals surface area contributed by atoms with Crippen LogP contribution in [0.1, 0.15) is 26.7 Å². The van der Waals surface area contributed by atoms with Gasteiger partial charge in [-0.1, -0.05) is 13.8 Å². The molecule has 0 aromatic heterocycles. The summed E-state index contributed by atoms with van der Waals surface area (Å²) in [7, 11) is 0. The van der Waals surface area contributed by atoms with Gasteiger partial charge in [0.25, 0.3) is 0 Å². The third kappa shape index (κ3) is 1.50. The molecule has 1 fully saturated rings. The molecule has 0 unspecified atom stereocenters. The summed E-state index contributed by atoms with van der Waals surface area (Å²) in [4.78, 5) is 0. The molecule has 1 aliphatic rings. The molecule has 2 heteroatoms. The van der Waals surface area contributed by atoms with E-state index in [1.807, 2.05) is 0 Å². The minimum atomic E-state index is 0.401. The summed E-state index contributed by atoms with van der Waals surface area (Å²) in [5, 5.41) is 6.98. The Bertz CT molecular complexity index is 89.4. The molecule has 1 saturated heterocycles. The van der Waals surface area contributed by atoms with Crippen molar-refractivity contribution in [2.75, 3.05) is 19.6 Å². The summed E-state index contributed by atoms with van der Waals surface area (Å²) < 4.78 is 0. The van der Waals surface area contributed by atoms with Crippen LogP contribution in [0.2, 0.25) is 0 Å². The summed E-state index contributed by atoms with van der Waals surface area (Å²) >= 11 is 0. The lowest BCUT2D eigenvalue weighted by atomic mass is 9.91. The van der Waals surface area contributed by atoms with Crippen molar-refractivity contribution in [1.82, 2.24) is 10.6 Å². The highest BCUT2D eigenvalue weighted by molar-refractivity contribution is 4.90. The molecular formula is C8H18N2. The van der Waals surface area contributed by atoms with Crippen LogP contribution in [0.3, 0.4) is 0 Å². The Kier molecular flexibility index (Phi) is 2.69. The quantitative estimate of drug-likeness (QED) is 0.594. The summed E-state index contributed by atoms with van der Waals surface area (Å²) in [6.45, 7) is 7.90. The summed E-state index contributed by atoms with van der Waals surface area (Å²) in [6.07, 6.45) is 2.47. The van der Waals surface area contributed by atoms with Crippen molar-refractivity contribution in [3.8, 4) is 0 Å². The second-order valence-electron chi connectivity index (χ2n) is 3.09. The molecule has 1 aliphatic heterocycles. The zero-order chi connectivity index (χ0) is 7.45. The Balaban J connectivity index is 2.44. The van der Waals surface area contributed by atoms with Crippen molar-refractivity contribution >= 4 is 0 Å². The highest BCUT2D eigenvalue weighted by atomic mass is 15.1. The predicted octanol–water partition coefficient (Wildman–Crippen LogP) is 0.738. The lowest BCUT2D eigenvalue weighted by Crippen LogP contribution is -2.58. The molecule has 0 atom stereocenters. The summed E-state index contributed by atoms with van der Waals surface area (Å²) in [5.74, 6) is 0. The summed E-state index contributed by atoms with van der Waals surface area (Å²) in [5.41, 5.74) is 0.401. The fourth-order valence-corrected chi connectivity index (χ4v) is 1.56. The molecule has 2 N–H and O–H groups in total. The lowest BCUT2D eigenvalue weighted by Gasteiger charge is -2.37. The maximum absolute atomic E-state index is 3.57. The first-order valence-electron chi connectivity index (χ1n) is 4.29. The predicted molar refractivity (Wildman–Crippen MR) is 44.2 cm³/mol. The van der Waals surface area contributed by atoms with Gasteiger partial charge in [0.05, 0.1) is 0 Å². The highest BCUT2D eigenvalue weighted by Crippen LogP contribution is 2.14. The molecule has 0 spiro atoms. The van der Waals surface area contributed by atoms with Gasteiger partial charge in [-0.2, -0.15) is 0 Å². The van der Waals surface area contributed by atoms with Gasteiger partial charge in [0.2, 0.25) is 0 Å². The second-order valence-corrected chi connectivity index (χ2v) is 3.09. The minimum Gasteiger partial charge on any atom is -0.314 e. The Morgan fingerprint density at radius 3 is 2.20 bits per heavy atom. The van der Waals surface area contributed by atoms with Crippen molar-refractivity contribution in [2.45, 2.75) is 32.2 Å². The fourth-order valence-electron chi connectivity index (χ4n) is 1.56. The van der Waals surface area contributed by atoms with Gasteiger partial charge < -0.3 is 10.6 Å². The van der Waals surface area contributed by atoms with Crippen LogP contribution >= 0.6 is 0 Å². The van der Waals surface area contributed by atoms with Gasteiger partial charge in [-0.25, -0.2) is 0 Å². The zero-order valence-corrected chi connectivity index (χ0v) is 7.04. The second kappa shape index (κ2) is 3.35. The van der Waals surface area contributed by atoms with E-state index in [4.69, 9.17) is 0 Å². The van der Waals surface area contributed by atoms with Gasteiger partial charge in [-0.15, -0.1) is 0 Å². The highest BCUT2D eigenvalue weighted by Gasteiger charge is 2.26. The van der Waals surface area contributed by atoms with Crippen LogP contribution in [-0.2, 0) is 0 Å². The van der Waals surface area contributed by atoms with Gasteiger partial charge in [-0.3, -0.25) is 0 Å². The molecule has 0 saturated carbocycles. The molecule has 60 valence electrons. The number of hydrogen-bond donors (Lipinski definition) is 2. The van der Waals surface area contributed by atoms with Gasteiger partial charge in [0.1, 0.15) is 0 Å². The number of nitrogens with one attached hydrogen (secondary N) is 2. The molecule has 0 radical (unpaired) electrons. The third-order valence-electron chi connectivity index (χ3n) is 2.62. The van der Waals surface area contributed by atoms with Gasteiger partial charge >= 0.3 is 0 Å². The molecule has 2 nitrogen and oxygen atoms in total. The molecule has 0 bridgehead atoms. The minimum absolute atomic E-state index is 0.401. The maximum Gasteiger partial charge on any atom is 0.0301 e. The van der Waals surface area contributed by atoms with E-state index in [-0.39, 0.29) is 0 Å². The van der Waals surface area contributed by atoms with Crippen molar-refractivity contribution in [1.29, 1.82) is 0 Å². The fraction of sp³-hybridized carbons (Fsp3) is 1.00. The summed E-state index contributed by atoms with van der Waals surface area (Å²) in [6, 6.07) is 0. The van der Waals surface area contributed by atoms with Gasteiger partial charge in [0.15, 0.2) is 0 Å². The normalized spacial score (nSPS) is 24.6. The van der Waals surface area contributed by atoms with Crippen LogP contribution < -0.4 is 10.6 Å². The monoisotopic (exact) mass is 142 g/mol. The topological polar surface area (TPSA) is 24.1 Å². The number of hydrogen-bond acceptors (Lipinski definition) is 2. The first-order valence-corrected chi connectivity index (χ1v) is 4.29. The molecule has 1 rings (SSSR count). The zero-order valence-electron chi connectivity index (χ0n) is 7.04. The Morgan fingerprint density at radius 1 is 1.20 bits per heavy atom. The van der Waals surface area contributed by atoms with Crippen LogP contribution in [0.15, 0.2) is 0 Å². The Hall–Kier alpha value is -0.0800. The van der Waals surface area contributed by atoms with Crippen molar-refractivity contribution in [3.63, 3.8) is 0 Å². The molecule has 0 amide bonds. The molecule has 1 heterocycles. The van der Waals surface area contributed by atoms with E-state index in [0.29, 0.717) is 5.54 Å². The first-order chi connectivity index (χ1) is 4.83. The largest absolute Gasteiger partial charge is 0.314 e. The third-order valence-corrected chi connectivity index (χ3v) is 2.62. The van der Waals surface area contributed by atoms with Crippen LogP contribution in [0.5, 0.6) is 0 Å². The van der Waals surface area contributed by atoms with Crippen LogP contribution in [-0.4, -0.2) is 25.2 Å². The van der Waals surface area contributed by atoms with Crippen molar-refractivity contribution < 1.29 is 0 Å². The van der Waals surface area contributed by atoms with E-state index in [0.717, 1.165) is 19.6 Å². The average molecular weight is 142 g/mol. The van der Waals surface area contributed by atoms with E-state index in [1.54, 1.807) is 0 Å². The first kappa shape index (κ1) is 8.02. The van der Waals surface area contributed by atoms with Crippen LogP contribution in [0.4, 0.5) is 0 Å². The molecule has 0 aromatic carbocycles. The number of piperazine rings is 1. The maximum atomic E-state index is 3.57. The van der Waals surface area contributed by atoms with Crippen molar-refractivity contribution in [3.05, 3.63) is 0 Å². The van der Waals surface area contributed by atoms with Crippen LogP contribution in [0, 0.1) is 0 Å².